The van der Waals surface area contributed by atoms with Gasteiger partial charge in [-0.1, -0.05) is 19.9 Å². The summed E-state index contributed by atoms with van der Waals surface area (Å²) in [7, 11) is 0. The lowest BCUT2D eigenvalue weighted by Gasteiger charge is -2.26. The molecule has 4 heteroatoms. The summed E-state index contributed by atoms with van der Waals surface area (Å²) in [5.41, 5.74) is 2.42. The molecule has 1 aromatic carbocycles. The molecule has 0 aliphatic carbocycles. The summed E-state index contributed by atoms with van der Waals surface area (Å²) >= 11 is 9.54. The minimum Gasteiger partial charge on any atom is -0.371 e. The third kappa shape index (κ3) is 5.27. The fraction of sp³-hybridized carbons (Fsp3) is 0.625. The number of nitrogens with zero attached hydrogens (tertiary/aromatic N) is 2. The molecule has 0 N–H and O–H groups in total. The largest absolute Gasteiger partial charge is 0.371 e. The van der Waals surface area contributed by atoms with Crippen molar-refractivity contribution >= 4 is 33.2 Å². The van der Waals surface area contributed by atoms with E-state index in [1.165, 1.54) is 18.7 Å². The van der Waals surface area contributed by atoms with Crippen molar-refractivity contribution in [3.63, 3.8) is 0 Å². The lowest BCUT2D eigenvalue weighted by atomic mass is 10.2. The molecule has 0 aliphatic rings. The van der Waals surface area contributed by atoms with Crippen LogP contribution in [0, 0.1) is 0 Å². The Bertz CT molecular complexity index is 394. The van der Waals surface area contributed by atoms with E-state index >= 15 is 0 Å². The molecule has 0 atom stereocenters. The Labute approximate surface area is 137 Å². The van der Waals surface area contributed by atoms with Crippen LogP contribution in [0.4, 0.5) is 5.69 Å². The second-order valence-electron chi connectivity index (χ2n) is 4.88. The predicted molar refractivity (Wildman–Crippen MR) is 94.0 cm³/mol. The SMILES string of the molecule is CCN(CC)CCCN(CC)c1ccc(CCl)cc1Br. The number of anilines is 1. The lowest BCUT2D eigenvalue weighted by molar-refractivity contribution is 0.301. The van der Waals surface area contributed by atoms with Gasteiger partial charge in [0.1, 0.15) is 0 Å². The third-order valence-electron chi connectivity index (χ3n) is 3.69. The van der Waals surface area contributed by atoms with E-state index in [0.717, 1.165) is 36.2 Å². The molecule has 0 fully saturated rings. The molecule has 0 amide bonds. The van der Waals surface area contributed by atoms with E-state index in [2.05, 4.69) is 64.7 Å². The zero-order valence-corrected chi connectivity index (χ0v) is 15.2. The maximum atomic E-state index is 5.88. The van der Waals surface area contributed by atoms with Crippen molar-refractivity contribution in [1.82, 2.24) is 4.90 Å². The molecule has 0 heterocycles. The van der Waals surface area contributed by atoms with Crippen LogP contribution in [0.2, 0.25) is 0 Å². The Morgan fingerprint density at radius 3 is 2.25 bits per heavy atom. The van der Waals surface area contributed by atoms with E-state index in [1.807, 2.05) is 0 Å². The average Bonchev–Trinajstić information content (AvgIpc) is 2.48. The summed E-state index contributed by atoms with van der Waals surface area (Å²) in [4.78, 5) is 4.89. The van der Waals surface area contributed by atoms with Gasteiger partial charge in [0.05, 0.1) is 5.69 Å². The predicted octanol–water partition coefficient (Wildman–Crippen LogP) is 4.75. The van der Waals surface area contributed by atoms with E-state index in [1.54, 1.807) is 0 Å². The normalized spacial score (nSPS) is 11.1. The van der Waals surface area contributed by atoms with E-state index in [0.29, 0.717) is 5.88 Å². The monoisotopic (exact) mass is 360 g/mol. The number of hydrogen-bond acceptors (Lipinski definition) is 2. The van der Waals surface area contributed by atoms with Gasteiger partial charge in [0.2, 0.25) is 0 Å². The van der Waals surface area contributed by atoms with Gasteiger partial charge in [0.25, 0.3) is 0 Å². The molecule has 20 heavy (non-hydrogen) atoms. The van der Waals surface area contributed by atoms with Gasteiger partial charge in [-0.2, -0.15) is 0 Å². The number of alkyl halides is 1. The van der Waals surface area contributed by atoms with Gasteiger partial charge in [-0.05, 0) is 66.6 Å². The maximum Gasteiger partial charge on any atom is 0.0510 e. The van der Waals surface area contributed by atoms with Crippen LogP contribution in [0.1, 0.15) is 32.8 Å². The third-order valence-corrected chi connectivity index (χ3v) is 4.63. The van der Waals surface area contributed by atoms with Gasteiger partial charge in [-0.3, -0.25) is 0 Å². The Kier molecular flexibility index (Phi) is 8.58. The first kappa shape index (κ1) is 17.8. The van der Waals surface area contributed by atoms with Crippen molar-refractivity contribution < 1.29 is 0 Å². The summed E-state index contributed by atoms with van der Waals surface area (Å²) in [5, 5.41) is 0. The minimum atomic E-state index is 0.562. The van der Waals surface area contributed by atoms with Crippen LogP contribution in [0.5, 0.6) is 0 Å². The maximum absolute atomic E-state index is 5.88. The van der Waals surface area contributed by atoms with Crippen LogP contribution >= 0.6 is 27.5 Å². The van der Waals surface area contributed by atoms with E-state index < -0.39 is 0 Å². The molecule has 0 unspecified atom stereocenters. The molecule has 114 valence electrons. The van der Waals surface area contributed by atoms with Crippen LogP contribution in [0.25, 0.3) is 0 Å². The molecule has 1 rings (SSSR count). The molecule has 0 aromatic heterocycles. The molecule has 0 spiro atoms. The Morgan fingerprint density at radius 1 is 1.05 bits per heavy atom. The summed E-state index contributed by atoms with van der Waals surface area (Å²) in [6, 6.07) is 6.40. The van der Waals surface area contributed by atoms with Crippen molar-refractivity contribution in [3.05, 3.63) is 28.2 Å². The van der Waals surface area contributed by atoms with Crippen molar-refractivity contribution in [1.29, 1.82) is 0 Å². The van der Waals surface area contributed by atoms with Crippen molar-refractivity contribution in [2.75, 3.05) is 37.6 Å². The summed E-state index contributed by atoms with van der Waals surface area (Å²) in [6.07, 6.45) is 1.19. The standard InChI is InChI=1S/C16H26BrClN2/c1-4-19(5-2)10-7-11-20(6-3)16-9-8-14(13-18)12-15(16)17/h8-9,12H,4-7,10-11,13H2,1-3H3. The molecule has 0 saturated carbocycles. The van der Waals surface area contributed by atoms with Crippen molar-refractivity contribution in [2.45, 2.75) is 33.1 Å². The molecule has 0 saturated heterocycles. The Balaban J connectivity index is 2.62. The highest BCUT2D eigenvalue weighted by atomic mass is 79.9. The van der Waals surface area contributed by atoms with Gasteiger partial charge in [-0.15, -0.1) is 11.6 Å². The highest BCUT2D eigenvalue weighted by Crippen LogP contribution is 2.28. The topological polar surface area (TPSA) is 6.48 Å². The number of halogens is 2. The molecular formula is C16H26BrClN2. The lowest BCUT2D eigenvalue weighted by Crippen LogP contribution is -2.30. The average molecular weight is 362 g/mol. The number of hydrogen-bond donors (Lipinski definition) is 0. The van der Waals surface area contributed by atoms with Crippen LogP contribution in [-0.2, 0) is 5.88 Å². The van der Waals surface area contributed by atoms with Gasteiger partial charge < -0.3 is 9.80 Å². The second-order valence-corrected chi connectivity index (χ2v) is 6.00. The molecule has 0 radical (unpaired) electrons. The smallest absolute Gasteiger partial charge is 0.0510 e. The van der Waals surface area contributed by atoms with Crippen LogP contribution in [-0.4, -0.2) is 37.6 Å². The van der Waals surface area contributed by atoms with Crippen LogP contribution in [0.15, 0.2) is 22.7 Å². The minimum absolute atomic E-state index is 0.562. The Morgan fingerprint density at radius 2 is 1.75 bits per heavy atom. The Hall–Kier alpha value is -0.250. The summed E-state index contributed by atoms with van der Waals surface area (Å²) in [6.45, 7) is 12.2. The summed E-state index contributed by atoms with van der Waals surface area (Å²) < 4.78 is 1.14. The van der Waals surface area contributed by atoms with Gasteiger partial charge in [-0.25, -0.2) is 0 Å². The molecule has 2 nitrogen and oxygen atoms in total. The first-order valence-corrected chi connectivity index (χ1v) is 8.80. The number of rotatable bonds is 9. The van der Waals surface area contributed by atoms with E-state index in [4.69, 9.17) is 11.6 Å². The van der Waals surface area contributed by atoms with Gasteiger partial charge in [0, 0.05) is 23.4 Å². The fourth-order valence-corrected chi connectivity index (χ4v) is 3.21. The van der Waals surface area contributed by atoms with Crippen molar-refractivity contribution in [2.24, 2.45) is 0 Å². The van der Waals surface area contributed by atoms with Crippen molar-refractivity contribution in [3.8, 4) is 0 Å². The molecular weight excluding hydrogens is 336 g/mol. The van der Waals surface area contributed by atoms with Gasteiger partial charge in [0.15, 0.2) is 0 Å². The quantitative estimate of drug-likeness (QED) is 0.586. The van der Waals surface area contributed by atoms with E-state index in [9.17, 15) is 0 Å². The molecule has 0 bridgehead atoms. The second kappa shape index (κ2) is 9.64. The van der Waals surface area contributed by atoms with Gasteiger partial charge >= 0.3 is 0 Å². The highest BCUT2D eigenvalue weighted by molar-refractivity contribution is 9.10. The number of benzene rings is 1. The fourth-order valence-electron chi connectivity index (χ4n) is 2.36. The summed E-state index contributed by atoms with van der Waals surface area (Å²) in [5.74, 6) is 0.562. The first-order chi connectivity index (χ1) is 9.65. The highest BCUT2D eigenvalue weighted by Gasteiger charge is 2.09. The first-order valence-electron chi connectivity index (χ1n) is 7.47. The van der Waals surface area contributed by atoms with Crippen LogP contribution in [0.3, 0.4) is 0 Å². The zero-order chi connectivity index (χ0) is 15.0. The van der Waals surface area contributed by atoms with E-state index in [-0.39, 0.29) is 0 Å². The van der Waals surface area contributed by atoms with Crippen LogP contribution < -0.4 is 4.90 Å². The molecule has 0 aliphatic heterocycles. The zero-order valence-electron chi connectivity index (χ0n) is 12.8. The molecule has 1 aromatic rings.